The fraction of sp³-hybridized carbons (Fsp3) is 0.526. The van der Waals surface area contributed by atoms with Crippen LogP contribution in [0.2, 0.25) is 0 Å². The average molecular weight is 391 g/mol. The van der Waals surface area contributed by atoms with Gasteiger partial charge in [-0.1, -0.05) is 6.07 Å². The molecule has 3 amide bonds. The second-order valence-corrected chi connectivity index (χ2v) is 7.32. The summed E-state index contributed by atoms with van der Waals surface area (Å²) in [6.07, 6.45) is 2.06. The Balaban J connectivity index is 1.86. The van der Waals surface area contributed by atoms with Crippen molar-refractivity contribution in [2.24, 2.45) is 0 Å². The molecular weight excluding hydrogens is 366 g/mol. The molecule has 1 aliphatic heterocycles. The van der Waals surface area contributed by atoms with Crippen LogP contribution in [0.25, 0.3) is 0 Å². The summed E-state index contributed by atoms with van der Waals surface area (Å²) in [5.74, 6) is -1.23. The van der Waals surface area contributed by atoms with Gasteiger partial charge >= 0.3 is 12.1 Å². The lowest BCUT2D eigenvalue weighted by atomic mass is 10.2. The molecule has 0 radical (unpaired) electrons. The summed E-state index contributed by atoms with van der Waals surface area (Å²) in [5, 5.41) is 0.531. The number of hydroxylamine groups is 2. The number of unbranched alkanes of at least 4 members (excludes halogenated alkanes) is 1. The molecule has 0 unspecified atom stereocenters. The van der Waals surface area contributed by atoms with Gasteiger partial charge in [-0.2, -0.15) is 0 Å². The van der Waals surface area contributed by atoms with Crippen molar-refractivity contribution in [1.82, 2.24) is 10.0 Å². The fourth-order valence-electron chi connectivity index (χ4n) is 2.47. The second-order valence-electron chi connectivity index (χ2n) is 7.32. The topological polar surface area (TPSA) is 106 Å². The molecule has 2 rings (SSSR count). The zero-order valence-corrected chi connectivity index (χ0v) is 16.3. The molecular formula is C19H25N3O6. The number of hydrogen-bond donors (Lipinski definition) is 0. The molecule has 0 N–H and O–H groups in total. The van der Waals surface area contributed by atoms with Gasteiger partial charge in [-0.25, -0.2) is 14.6 Å². The third-order valence-electron chi connectivity index (χ3n) is 3.75. The van der Waals surface area contributed by atoms with E-state index in [0.717, 1.165) is 0 Å². The van der Waals surface area contributed by atoms with Crippen molar-refractivity contribution in [1.29, 1.82) is 0 Å². The highest BCUT2D eigenvalue weighted by molar-refractivity contribution is 6.01. The number of hydrogen-bond acceptors (Lipinski definition) is 7. The van der Waals surface area contributed by atoms with E-state index in [9.17, 15) is 19.2 Å². The zero-order valence-electron chi connectivity index (χ0n) is 16.3. The first-order valence-corrected chi connectivity index (χ1v) is 9.15. The van der Waals surface area contributed by atoms with Crippen LogP contribution in [-0.4, -0.2) is 46.1 Å². The summed E-state index contributed by atoms with van der Waals surface area (Å²) in [5.41, 5.74) is -0.650. The van der Waals surface area contributed by atoms with E-state index in [-0.39, 0.29) is 19.3 Å². The largest absolute Gasteiger partial charge is 0.443 e. The standard InChI is InChI=1S/C19H25N3O6/c1-19(2,3)27-18(26)21(14-8-4-6-12-20-14)13-7-5-9-17(25)28-22-15(23)10-11-16(22)24/h4,6,8,12H,5,7,9-11,13H2,1-3H3. The third-order valence-corrected chi connectivity index (χ3v) is 3.75. The zero-order chi connectivity index (χ0) is 20.7. The SMILES string of the molecule is CC(C)(C)OC(=O)N(CCCCC(=O)ON1C(=O)CCC1=O)c1ccccn1. The number of anilines is 1. The predicted molar refractivity (Wildman–Crippen MR) is 98.8 cm³/mol. The van der Waals surface area contributed by atoms with E-state index < -0.39 is 29.5 Å². The maximum absolute atomic E-state index is 12.5. The smallest absolute Gasteiger partial charge is 0.416 e. The number of pyridine rings is 1. The number of aromatic nitrogens is 1. The minimum Gasteiger partial charge on any atom is -0.443 e. The second kappa shape index (κ2) is 9.29. The van der Waals surface area contributed by atoms with Crippen LogP contribution < -0.4 is 4.90 Å². The quantitative estimate of drug-likeness (QED) is 0.519. The van der Waals surface area contributed by atoms with Crippen molar-refractivity contribution in [3.8, 4) is 0 Å². The Morgan fingerprint density at radius 1 is 1.14 bits per heavy atom. The maximum Gasteiger partial charge on any atom is 0.416 e. The lowest BCUT2D eigenvalue weighted by Gasteiger charge is -2.26. The van der Waals surface area contributed by atoms with Gasteiger partial charge in [0.25, 0.3) is 11.8 Å². The normalized spacial score (nSPS) is 14.2. The van der Waals surface area contributed by atoms with Crippen molar-refractivity contribution >= 4 is 29.7 Å². The first kappa shape index (κ1) is 21.3. The van der Waals surface area contributed by atoms with Gasteiger partial charge in [0.15, 0.2) is 0 Å². The predicted octanol–water partition coefficient (Wildman–Crippen LogP) is 2.60. The molecule has 2 heterocycles. The molecule has 0 saturated carbocycles. The van der Waals surface area contributed by atoms with Crippen LogP contribution in [0.15, 0.2) is 24.4 Å². The van der Waals surface area contributed by atoms with E-state index in [1.807, 2.05) is 0 Å². The summed E-state index contributed by atoms with van der Waals surface area (Å²) >= 11 is 0. The van der Waals surface area contributed by atoms with Gasteiger partial charge < -0.3 is 9.57 Å². The van der Waals surface area contributed by atoms with E-state index in [1.54, 1.807) is 45.2 Å². The molecule has 1 aromatic rings. The average Bonchev–Trinajstić information content (AvgIpc) is 2.93. The number of imide groups is 1. The Labute approximate surface area is 163 Å². The highest BCUT2D eigenvalue weighted by atomic mass is 16.7. The monoisotopic (exact) mass is 391 g/mol. The highest BCUT2D eigenvalue weighted by Crippen LogP contribution is 2.17. The summed E-state index contributed by atoms with van der Waals surface area (Å²) < 4.78 is 5.42. The Hall–Kier alpha value is -2.97. The summed E-state index contributed by atoms with van der Waals surface area (Å²) in [6, 6.07) is 5.21. The van der Waals surface area contributed by atoms with E-state index in [0.29, 0.717) is 30.3 Å². The van der Waals surface area contributed by atoms with Crippen molar-refractivity contribution < 1.29 is 28.8 Å². The van der Waals surface area contributed by atoms with Gasteiger partial charge in [-0.15, -0.1) is 5.06 Å². The molecule has 1 aliphatic rings. The Kier molecular flexibility index (Phi) is 7.08. The van der Waals surface area contributed by atoms with Crippen LogP contribution in [-0.2, 0) is 24.0 Å². The third kappa shape index (κ3) is 6.33. The lowest BCUT2D eigenvalue weighted by molar-refractivity contribution is -0.197. The number of carbonyl (C=O) groups is 4. The molecule has 9 heteroatoms. The van der Waals surface area contributed by atoms with Gasteiger partial charge in [0.2, 0.25) is 0 Å². The van der Waals surface area contributed by atoms with E-state index in [2.05, 4.69) is 4.98 Å². The molecule has 1 saturated heterocycles. The minimum atomic E-state index is -0.662. The van der Waals surface area contributed by atoms with Gasteiger partial charge in [-0.05, 0) is 45.7 Å². The summed E-state index contributed by atoms with van der Waals surface area (Å²) in [7, 11) is 0. The van der Waals surface area contributed by atoms with Crippen LogP contribution >= 0.6 is 0 Å². The summed E-state index contributed by atoms with van der Waals surface area (Å²) in [6.45, 7) is 5.62. The molecule has 0 bridgehead atoms. The number of nitrogens with zero attached hydrogens (tertiary/aromatic N) is 3. The molecule has 152 valence electrons. The van der Waals surface area contributed by atoms with Crippen molar-refractivity contribution in [3.63, 3.8) is 0 Å². The number of carbonyl (C=O) groups excluding carboxylic acids is 4. The molecule has 9 nitrogen and oxygen atoms in total. The molecule has 1 fully saturated rings. The first-order chi connectivity index (χ1) is 13.2. The maximum atomic E-state index is 12.5. The Morgan fingerprint density at radius 2 is 1.82 bits per heavy atom. The van der Waals surface area contributed by atoms with E-state index >= 15 is 0 Å². The van der Waals surface area contributed by atoms with Crippen LogP contribution in [0, 0.1) is 0 Å². The molecule has 28 heavy (non-hydrogen) atoms. The number of ether oxygens (including phenoxy) is 1. The van der Waals surface area contributed by atoms with Gasteiger partial charge in [0, 0.05) is 32.0 Å². The van der Waals surface area contributed by atoms with Crippen molar-refractivity contribution in [2.75, 3.05) is 11.4 Å². The molecule has 0 spiro atoms. The first-order valence-electron chi connectivity index (χ1n) is 9.15. The fourth-order valence-corrected chi connectivity index (χ4v) is 2.47. The van der Waals surface area contributed by atoms with Gasteiger partial charge in [-0.3, -0.25) is 14.5 Å². The highest BCUT2D eigenvalue weighted by Gasteiger charge is 2.32. The van der Waals surface area contributed by atoms with Crippen LogP contribution in [0.1, 0.15) is 52.9 Å². The number of rotatable bonds is 7. The molecule has 0 aromatic carbocycles. The van der Waals surface area contributed by atoms with Gasteiger partial charge in [0.1, 0.15) is 11.4 Å². The van der Waals surface area contributed by atoms with Crippen molar-refractivity contribution in [3.05, 3.63) is 24.4 Å². The Bertz CT molecular complexity index is 713. The van der Waals surface area contributed by atoms with E-state index in [1.165, 1.54) is 4.90 Å². The minimum absolute atomic E-state index is 0.0153. The van der Waals surface area contributed by atoms with Crippen LogP contribution in [0.3, 0.4) is 0 Å². The lowest BCUT2D eigenvalue weighted by Crippen LogP contribution is -2.38. The van der Waals surface area contributed by atoms with Crippen LogP contribution in [0.5, 0.6) is 0 Å². The molecule has 0 aliphatic carbocycles. The van der Waals surface area contributed by atoms with Gasteiger partial charge in [0.05, 0.1) is 0 Å². The van der Waals surface area contributed by atoms with Crippen LogP contribution in [0.4, 0.5) is 10.6 Å². The molecule has 1 aromatic heterocycles. The van der Waals surface area contributed by atoms with Crippen molar-refractivity contribution in [2.45, 2.75) is 58.5 Å². The molecule has 0 atom stereocenters. The Morgan fingerprint density at radius 3 is 2.39 bits per heavy atom. The van der Waals surface area contributed by atoms with E-state index in [4.69, 9.17) is 9.57 Å². The number of amides is 3. The summed E-state index contributed by atoms with van der Waals surface area (Å²) in [4.78, 5) is 57.6.